The molecular weight excluding hydrogens is 316 g/mol. The number of benzene rings is 3. The second-order valence-electron chi connectivity index (χ2n) is 5.49. The van der Waals surface area contributed by atoms with Crippen molar-refractivity contribution in [3.63, 3.8) is 0 Å². The van der Waals surface area contributed by atoms with Gasteiger partial charge in [-0.1, -0.05) is 0 Å². The summed E-state index contributed by atoms with van der Waals surface area (Å²) >= 11 is 0. The number of ether oxygens (including phenoxy) is 1. The molecule has 124 valence electrons. The summed E-state index contributed by atoms with van der Waals surface area (Å²) < 4.78 is 5.29. The SMILES string of the molecule is Nc1ccc(C(=O)Oc2ccc(C(=O)c3ccc(N)cc3)cc2)cc1. The molecule has 5 heteroatoms. The molecule has 0 unspecified atom stereocenters. The fourth-order valence-corrected chi connectivity index (χ4v) is 2.26. The van der Waals surface area contributed by atoms with E-state index in [-0.39, 0.29) is 5.78 Å². The molecule has 0 fully saturated rings. The highest BCUT2D eigenvalue weighted by atomic mass is 16.5. The van der Waals surface area contributed by atoms with E-state index >= 15 is 0 Å². The highest BCUT2D eigenvalue weighted by Crippen LogP contribution is 2.18. The number of carbonyl (C=O) groups is 2. The first-order chi connectivity index (χ1) is 12.0. The summed E-state index contributed by atoms with van der Waals surface area (Å²) in [6.07, 6.45) is 0. The molecule has 0 aromatic heterocycles. The van der Waals surface area contributed by atoms with Crippen LogP contribution < -0.4 is 16.2 Å². The number of rotatable bonds is 4. The highest BCUT2D eigenvalue weighted by molar-refractivity contribution is 6.09. The van der Waals surface area contributed by atoms with E-state index < -0.39 is 5.97 Å². The van der Waals surface area contributed by atoms with Gasteiger partial charge in [0.25, 0.3) is 0 Å². The number of hydrogen-bond acceptors (Lipinski definition) is 5. The van der Waals surface area contributed by atoms with E-state index in [1.807, 2.05) is 0 Å². The third kappa shape index (κ3) is 3.84. The van der Waals surface area contributed by atoms with Crippen molar-refractivity contribution in [3.05, 3.63) is 89.5 Å². The molecule has 0 heterocycles. The van der Waals surface area contributed by atoms with Crippen LogP contribution in [0.15, 0.2) is 72.8 Å². The standard InChI is InChI=1S/C20H16N2O3/c21-16-7-1-13(2-8-16)19(23)14-5-11-18(12-6-14)25-20(24)15-3-9-17(22)10-4-15/h1-12H,21-22H2. The molecular formula is C20H16N2O3. The van der Waals surface area contributed by atoms with Crippen molar-refractivity contribution in [2.75, 3.05) is 11.5 Å². The summed E-state index contributed by atoms with van der Waals surface area (Å²) in [6.45, 7) is 0. The quantitative estimate of drug-likeness (QED) is 0.331. The Balaban J connectivity index is 1.71. The van der Waals surface area contributed by atoms with Crippen molar-refractivity contribution in [2.45, 2.75) is 0 Å². The van der Waals surface area contributed by atoms with Crippen LogP contribution in [-0.2, 0) is 0 Å². The lowest BCUT2D eigenvalue weighted by molar-refractivity contribution is 0.0734. The number of nitrogen functional groups attached to an aromatic ring is 2. The second-order valence-corrected chi connectivity index (χ2v) is 5.49. The van der Waals surface area contributed by atoms with E-state index in [9.17, 15) is 9.59 Å². The second kappa shape index (κ2) is 6.88. The molecule has 0 aliphatic rings. The van der Waals surface area contributed by atoms with Crippen LogP contribution in [0.1, 0.15) is 26.3 Å². The summed E-state index contributed by atoms with van der Waals surface area (Å²) in [7, 11) is 0. The van der Waals surface area contributed by atoms with Gasteiger partial charge in [-0.15, -0.1) is 0 Å². The number of anilines is 2. The van der Waals surface area contributed by atoms with Gasteiger partial charge in [0.1, 0.15) is 5.75 Å². The molecule has 0 saturated carbocycles. The molecule has 0 atom stereocenters. The number of hydrogen-bond donors (Lipinski definition) is 2. The largest absolute Gasteiger partial charge is 0.423 e. The highest BCUT2D eigenvalue weighted by Gasteiger charge is 2.11. The summed E-state index contributed by atoms with van der Waals surface area (Å²) in [6, 6.07) is 19.5. The summed E-state index contributed by atoms with van der Waals surface area (Å²) in [4.78, 5) is 24.4. The third-order valence-corrected chi connectivity index (χ3v) is 3.65. The zero-order chi connectivity index (χ0) is 17.8. The molecule has 0 amide bonds. The lowest BCUT2D eigenvalue weighted by Gasteiger charge is -2.06. The Hall–Kier alpha value is -3.60. The predicted molar refractivity (Wildman–Crippen MR) is 96.5 cm³/mol. The van der Waals surface area contributed by atoms with E-state index in [0.29, 0.717) is 33.8 Å². The lowest BCUT2D eigenvalue weighted by atomic mass is 10.0. The van der Waals surface area contributed by atoms with Gasteiger partial charge in [-0.25, -0.2) is 4.79 Å². The first kappa shape index (κ1) is 16.3. The van der Waals surface area contributed by atoms with Crippen LogP contribution >= 0.6 is 0 Å². The Kier molecular flexibility index (Phi) is 4.48. The topological polar surface area (TPSA) is 95.4 Å². The van der Waals surface area contributed by atoms with Crippen LogP contribution in [0.3, 0.4) is 0 Å². The third-order valence-electron chi connectivity index (χ3n) is 3.65. The molecule has 3 aromatic rings. The average molecular weight is 332 g/mol. The number of ketones is 1. The molecule has 0 bridgehead atoms. The maximum atomic E-state index is 12.4. The minimum absolute atomic E-state index is 0.128. The van der Waals surface area contributed by atoms with Crippen molar-refractivity contribution in [1.29, 1.82) is 0 Å². The zero-order valence-electron chi connectivity index (χ0n) is 13.3. The fourth-order valence-electron chi connectivity index (χ4n) is 2.26. The van der Waals surface area contributed by atoms with Gasteiger partial charge in [0, 0.05) is 22.5 Å². The maximum Gasteiger partial charge on any atom is 0.343 e. The van der Waals surface area contributed by atoms with Gasteiger partial charge in [0.05, 0.1) is 5.56 Å². The van der Waals surface area contributed by atoms with Gasteiger partial charge >= 0.3 is 5.97 Å². The van der Waals surface area contributed by atoms with Crippen molar-refractivity contribution in [2.24, 2.45) is 0 Å². The zero-order valence-corrected chi connectivity index (χ0v) is 13.3. The van der Waals surface area contributed by atoms with Crippen LogP contribution in [0.4, 0.5) is 11.4 Å². The number of esters is 1. The lowest BCUT2D eigenvalue weighted by Crippen LogP contribution is -2.08. The van der Waals surface area contributed by atoms with Crippen LogP contribution in [0, 0.1) is 0 Å². The molecule has 4 N–H and O–H groups in total. The molecule has 0 aliphatic carbocycles. The Morgan fingerprint density at radius 3 is 1.48 bits per heavy atom. The van der Waals surface area contributed by atoms with E-state index in [0.717, 1.165) is 0 Å². The molecule has 0 radical (unpaired) electrons. The molecule has 0 saturated heterocycles. The van der Waals surface area contributed by atoms with Gasteiger partial charge in [-0.3, -0.25) is 4.79 Å². The molecule has 3 aromatic carbocycles. The molecule has 25 heavy (non-hydrogen) atoms. The van der Waals surface area contributed by atoms with Gasteiger partial charge in [0.15, 0.2) is 5.78 Å². The van der Waals surface area contributed by atoms with Crippen LogP contribution in [0.2, 0.25) is 0 Å². The minimum atomic E-state index is -0.488. The normalized spacial score (nSPS) is 10.2. The smallest absolute Gasteiger partial charge is 0.343 e. The molecule has 5 nitrogen and oxygen atoms in total. The van der Waals surface area contributed by atoms with Crippen LogP contribution in [-0.4, -0.2) is 11.8 Å². The van der Waals surface area contributed by atoms with Crippen molar-refractivity contribution >= 4 is 23.1 Å². The number of carbonyl (C=O) groups excluding carboxylic acids is 2. The molecule has 3 rings (SSSR count). The Bertz CT molecular complexity index is 899. The summed E-state index contributed by atoms with van der Waals surface area (Å²) in [5, 5.41) is 0. The van der Waals surface area contributed by atoms with Crippen molar-refractivity contribution in [1.82, 2.24) is 0 Å². The number of nitrogens with two attached hydrogens (primary N) is 2. The van der Waals surface area contributed by atoms with Gasteiger partial charge in [-0.2, -0.15) is 0 Å². The Morgan fingerprint density at radius 2 is 1.00 bits per heavy atom. The molecule has 0 spiro atoms. The monoisotopic (exact) mass is 332 g/mol. The first-order valence-corrected chi connectivity index (χ1v) is 7.61. The summed E-state index contributed by atoms with van der Waals surface area (Å²) in [5.41, 5.74) is 13.8. The average Bonchev–Trinajstić information content (AvgIpc) is 2.63. The minimum Gasteiger partial charge on any atom is -0.423 e. The van der Waals surface area contributed by atoms with E-state index in [2.05, 4.69) is 0 Å². The van der Waals surface area contributed by atoms with E-state index in [1.165, 1.54) is 0 Å². The first-order valence-electron chi connectivity index (χ1n) is 7.61. The van der Waals surface area contributed by atoms with E-state index in [1.54, 1.807) is 72.8 Å². The maximum absolute atomic E-state index is 12.4. The fraction of sp³-hybridized carbons (Fsp3) is 0. The Morgan fingerprint density at radius 1 is 0.600 bits per heavy atom. The predicted octanol–water partition coefficient (Wildman–Crippen LogP) is 3.30. The van der Waals surface area contributed by atoms with E-state index in [4.69, 9.17) is 16.2 Å². The van der Waals surface area contributed by atoms with Gasteiger partial charge in [0.2, 0.25) is 0 Å². The van der Waals surface area contributed by atoms with Gasteiger partial charge in [-0.05, 0) is 72.8 Å². The van der Waals surface area contributed by atoms with Crippen molar-refractivity contribution < 1.29 is 14.3 Å². The van der Waals surface area contributed by atoms with Crippen molar-refractivity contribution in [3.8, 4) is 5.75 Å². The van der Waals surface area contributed by atoms with Gasteiger partial charge < -0.3 is 16.2 Å². The van der Waals surface area contributed by atoms with Crippen LogP contribution in [0.25, 0.3) is 0 Å². The van der Waals surface area contributed by atoms with Crippen LogP contribution in [0.5, 0.6) is 5.75 Å². The molecule has 0 aliphatic heterocycles. The Labute approximate surface area is 144 Å². The summed E-state index contributed by atoms with van der Waals surface area (Å²) in [5.74, 6) is -0.260.